The van der Waals surface area contributed by atoms with Crippen LogP contribution in [0.4, 0.5) is 0 Å². The average molecular weight is 324 g/mol. The standard InChI is InChI=1S/C13H12N2O4S2/c1-8(17)14-9(6-16)7-20-21-15-12(18)10-4-2-3-5-11(10)13(15)19/h2-6,9H,7H2,1H3,(H,14,17)/t9-/m1/s1. The first-order valence-electron chi connectivity index (χ1n) is 6.04. The molecule has 0 unspecified atom stereocenters. The fraction of sp³-hybridized carbons (Fsp3) is 0.231. The second kappa shape index (κ2) is 6.77. The summed E-state index contributed by atoms with van der Waals surface area (Å²) in [5.74, 6) is -0.773. The van der Waals surface area contributed by atoms with Gasteiger partial charge in [-0.3, -0.25) is 14.4 Å². The molecule has 0 aliphatic carbocycles. The lowest BCUT2D eigenvalue weighted by molar-refractivity contribution is -0.121. The van der Waals surface area contributed by atoms with Gasteiger partial charge in [-0.15, -0.1) is 0 Å². The number of rotatable bonds is 6. The largest absolute Gasteiger partial charge is 0.346 e. The Morgan fingerprint density at radius 3 is 2.33 bits per heavy atom. The summed E-state index contributed by atoms with van der Waals surface area (Å²) in [4.78, 5) is 45.8. The first-order valence-corrected chi connectivity index (χ1v) is 8.32. The molecule has 1 aromatic carbocycles. The van der Waals surface area contributed by atoms with Crippen molar-refractivity contribution in [1.29, 1.82) is 0 Å². The molecule has 1 aliphatic rings. The van der Waals surface area contributed by atoms with Crippen molar-refractivity contribution in [3.05, 3.63) is 35.4 Å². The van der Waals surface area contributed by atoms with E-state index in [2.05, 4.69) is 5.32 Å². The minimum Gasteiger partial charge on any atom is -0.346 e. The second-order valence-electron chi connectivity index (χ2n) is 4.25. The van der Waals surface area contributed by atoms with Crippen LogP contribution in [0, 0.1) is 0 Å². The first-order chi connectivity index (χ1) is 10.0. The van der Waals surface area contributed by atoms with Crippen molar-refractivity contribution in [2.75, 3.05) is 5.75 Å². The van der Waals surface area contributed by atoms with Gasteiger partial charge in [-0.05, 0) is 12.1 Å². The molecule has 0 spiro atoms. The van der Waals surface area contributed by atoms with Crippen molar-refractivity contribution in [3.8, 4) is 0 Å². The van der Waals surface area contributed by atoms with Crippen molar-refractivity contribution in [2.24, 2.45) is 0 Å². The van der Waals surface area contributed by atoms with Crippen LogP contribution < -0.4 is 5.32 Å². The highest BCUT2D eigenvalue weighted by Gasteiger charge is 2.36. The quantitative estimate of drug-likeness (QED) is 0.367. The molecule has 21 heavy (non-hydrogen) atoms. The molecule has 8 heteroatoms. The maximum atomic E-state index is 12.1. The minimum atomic E-state index is -0.643. The van der Waals surface area contributed by atoms with Crippen LogP contribution in [-0.4, -0.2) is 40.1 Å². The number of carbonyl (C=O) groups excluding carboxylic acids is 4. The number of fused-ring (bicyclic) bond motifs is 1. The molecule has 0 bridgehead atoms. The van der Waals surface area contributed by atoms with Crippen LogP contribution in [0.3, 0.4) is 0 Å². The number of hydrogen-bond acceptors (Lipinski definition) is 6. The van der Waals surface area contributed by atoms with Gasteiger partial charge in [-0.25, -0.2) is 4.31 Å². The van der Waals surface area contributed by atoms with Crippen LogP contribution in [0.1, 0.15) is 27.6 Å². The number of benzene rings is 1. The van der Waals surface area contributed by atoms with Crippen LogP contribution in [0.5, 0.6) is 0 Å². The summed E-state index contributed by atoms with van der Waals surface area (Å²) in [5, 5.41) is 2.46. The molecule has 6 nitrogen and oxygen atoms in total. The number of aldehydes is 1. The van der Waals surface area contributed by atoms with Gasteiger partial charge in [0.05, 0.1) is 17.2 Å². The highest BCUT2D eigenvalue weighted by atomic mass is 33.1. The molecule has 110 valence electrons. The average Bonchev–Trinajstić information content (AvgIpc) is 2.71. The Balaban J connectivity index is 1.93. The maximum Gasteiger partial charge on any atom is 0.272 e. The van der Waals surface area contributed by atoms with Gasteiger partial charge in [0.2, 0.25) is 5.91 Å². The van der Waals surface area contributed by atoms with Crippen molar-refractivity contribution in [1.82, 2.24) is 9.62 Å². The number of amides is 3. The summed E-state index contributed by atoms with van der Waals surface area (Å²) in [6.07, 6.45) is 0.622. The fourth-order valence-corrected chi connectivity index (χ4v) is 3.92. The van der Waals surface area contributed by atoms with Crippen LogP contribution in [0.15, 0.2) is 24.3 Å². The summed E-state index contributed by atoms with van der Waals surface area (Å²) >= 11 is 0. The monoisotopic (exact) mass is 324 g/mol. The second-order valence-corrected chi connectivity index (χ2v) is 6.49. The normalized spacial score (nSPS) is 14.8. The highest BCUT2D eigenvalue weighted by molar-refractivity contribution is 8.76. The molecule has 0 radical (unpaired) electrons. The first kappa shape index (κ1) is 15.6. The van der Waals surface area contributed by atoms with E-state index in [1.165, 1.54) is 6.92 Å². The van der Waals surface area contributed by atoms with E-state index < -0.39 is 6.04 Å². The molecule has 1 atom stereocenters. The van der Waals surface area contributed by atoms with E-state index in [4.69, 9.17) is 0 Å². The third-order valence-electron chi connectivity index (χ3n) is 2.68. The maximum absolute atomic E-state index is 12.1. The minimum absolute atomic E-state index is 0.265. The molecule has 1 aromatic rings. The van der Waals surface area contributed by atoms with Crippen molar-refractivity contribution in [3.63, 3.8) is 0 Å². The van der Waals surface area contributed by atoms with Gasteiger partial charge >= 0.3 is 0 Å². The Bertz CT molecular complexity index is 571. The lowest BCUT2D eigenvalue weighted by Gasteiger charge is -2.13. The highest BCUT2D eigenvalue weighted by Crippen LogP contribution is 2.34. The van der Waals surface area contributed by atoms with E-state index in [1.54, 1.807) is 24.3 Å². The zero-order valence-electron chi connectivity index (χ0n) is 11.1. The molecule has 1 N–H and O–H groups in total. The summed E-state index contributed by atoms with van der Waals surface area (Å²) in [7, 11) is 2.13. The molecular formula is C13H12N2O4S2. The summed E-state index contributed by atoms with van der Waals surface area (Å²) in [6.45, 7) is 1.32. The van der Waals surface area contributed by atoms with Crippen molar-refractivity contribution in [2.45, 2.75) is 13.0 Å². The number of carbonyl (C=O) groups is 4. The Hall–Kier alpha value is -1.80. The Labute approximate surface area is 129 Å². The van der Waals surface area contributed by atoms with Crippen LogP contribution >= 0.6 is 21.8 Å². The van der Waals surface area contributed by atoms with E-state index >= 15 is 0 Å². The number of nitrogens with zero attached hydrogens (tertiary/aromatic N) is 1. The van der Waals surface area contributed by atoms with Gasteiger partial charge in [0.1, 0.15) is 6.29 Å². The summed E-state index contributed by atoms with van der Waals surface area (Å²) < 4.78 is 1.06. The number of hydrogen-bond donors (Lipinski definition) is 1. The van der Waals surface area contributed by atoms with Gasteiger partial charge < -0.3 is 10.1 Å². The van der Waals surface area contributed by atoms with E-state index in [-0.39, 0.29) is 23.5 Å². The van der Waals surface area contributed by atoms with E-state index in [0.29, 0.717) is 17.4 Å². The summed E-state index contributed by atoms with van der Waals surface area (Å²) in [5.41, 5.74) is 0.758. The molecule has 3 amide bonds. The topological polar surface area (TPSA) is 83.6 Å². The lowest BCUT2D eigenvalue weighted by atomic mass is 10.1. The van der Waals surface area contributed by atoms with Gasteiger partial charge in [-0.1, -0.05) is 22.9 Å². The number of nitrogens with one attached hydrogen (secondary N) is 1. The smallest absolute Gasteiger partial charge is 0.272 e. The molecule has 0 aromatic heterocycles. The summed E-state index contributed by atoms with van der Waals surface area (Å²) in [6, 6.07) is 5.96. The Morgan fingerprint density at radius 2 is 1.86 bits per heavy atom. The van der Waals surface area contributed by atoms with Crippen LogP contribution in [-0.2, 0) is 9.59 Å². The molecule has 1 heterocycles. The molecule has 0 saturated heterocycles. The van der Waals surface area contributed by atoms with Crippen molar-refractivity contribution >= 4 is 45.8 Å². The van der Waals surface area contributed by atoms with Crippen LogP contribution in [0.2, 0.25) is 0 Å². The third-order valence-corrected chi connectivity index (χ3v) is 4.94. The van der Waals surface area contributed by atoms with Crippen LogP contribution in [0.25, 0.3) is 0 Å². The van der Waals surface area contributed by atoms with E-state index in [0.717, 1.165) is 26.1 Å². The Morgan fingerprint density at radius 1 is 1.29 bits per heavy atom. The Kier molecular flexibility index (Phi) is 5.03. The predicted molar refractivity (Wildman–Crippen MR) is 80.7 cm³/mol. The lowest BCUT2D eigenvalue weighted by Crippen LogP contribution is -2.36. The van der Waals surface area contributed by atoms with E-state index in [1.807, 2.05) is 0 Å². The van der Waals surface area contributed by atoms with Gasteiger partial charge in [0.15, 0.2) is 0 Å². The zero-order valence-corrected chi connectivity index (χ0v) is 12.7. The van der Waals surface area contributed by atoms with Gasteiger partial charge in [-0.2, -0.15) is 0 Å². The molecule has 1 aliphatic heterocycles. The van der Waals surface area contributed by atoms with Gasteiger partial charge in [0.25, 0.3) is 11.8 Å². The fourth-order valence-electron chi connectivity index (χ4n) is 1.77. The third kappa shape index (κ3) is 3.45. The SMILES string of the molecule is CC(=O)N[C@H](C=O)CSSN1C(=O)c2ccccc2C1=O. The predicted octanol–water partition coefficient (Wildman–Crippen LogP) is 1.28. The molecule has 0 fully saturated rings. The number of imide groups is 1. The zero-order chi connectivity index (χ0) is 15.4. The molecule has 0 saturated carbocycles. The van der Waals surface area contributed by atoms with Crippen molar-refractivity contribution < 1.29 is 19.2 Å². The van der Waals surface area contributed by atoms with Gasteiger partial charge in [0, 0.05) is 23.7 Å². The van der Waals surface area contributed by atoms with E-state index in [9.17, 15) is 19.2 Å². The molecule has 2 rings (SSSR count). The molecular weight excluding hydrogens is 312 g/mol.